The van der Waals surface area contributed by atoms with Gasteiger partial charge < -0.3 is 10.2 Å². The van der Waals surface area contributed by atoms with Crippen molar-refractivity contribution >= 4 is 18.3 Å². The van der Waals surface area contributed by atoms with Crippen LogP contribution in [0.4, 0.5) is 0 Å². The van der Waals surface area contributed by atoms with Crippen LogP contribution in [-0.4, -0.2) is 37.0 Å². The van der Waals surface area contributed by atoms with Gasteiger partial charge in [-0.1, -0.05) is 46.0 Å². The molecule has 0 radical (unpaired) electrons. The normalized spacial score (nSPS) is 22.4. The van der Waals surface area contributed by atoms with Gasteiger partial charge in [-0.25, -0.2) is 0 Å². The van der Waals surface area contributed by atoms with E-state index in [4.69, 9.17) is 0 Å². The van der Waals surface area contributed by atoms with Gasteiger partial charge in [0.05, 0.1) is 0 Å². The molecule has 1 amide bonds. The SMILES string of the molecule is CC(C)C(CC1CCCCC1)C(=O)N1CCNCC1.Cl. The Labute approximate surface area is 130 Å². The Bertz CT molecular complexity index is 284. The first-order chi connectivity index (χ1) is 9.18. The highest BCUT2D eigenvalue weighted by molar-refractivity contribution is 5.85. The minimum Gasteiger partial charge on any atom is -0.340 e. The van der Waals surface area contributed by atoms with Crippen molar-refractivity contribution in [2.75, 3.05) is 26.2 Å². The van der Waals surface area contributed by atoms with Crippen molar-refractivity contribution in [1.82, 2.24) is 10.2 Å². The smallest absolute Gasteiger partial charge is 0.226 e. The summed E-state index contributed by atoms with van der Waals surface area (Å²) < 4.78 is 0. The fraction of sp³-hybridized carbons (Fsp3) is 0.938. The molecule has 1 aliphatic carbocycles. The maximum absolute atomic E-state index is 12.7. The maximum atomic E-state index is 12.7. The van der Waals surface area contributed by atoms with Crippen molar-refractivity contribution in [2.45, 2.75) is 52.4 Å². The van der Waals surface area contributed by atoms with Crippen LogP contribution >= 0.6 is 12.4 Å². The number of carbonyl (C=O) groups excluding carboxylic acids is 1. The van der Waals surface area contributed by atoms with Crippen LogP contribution in [0.5, 0.6) is 0 Å². The summed E-state index contributed by atoms with van der Waals surface area (Å²) in [6.45, 7) is 8.14. The number of piperazine rings is 1. The van der Waals surface area contributed by atoms with Crippen molar-refractivity contribution in [3.05, 3.63) is 0 Å². The van der Waals surface area contributed by atoms with Gasteiger partial charge in [-0.15, -0.1) is 12.4 Å². The third kappa shape index (κ3) is 4.92. The zero-order chi connectivity index (χ0) is 13.7. The van der Waals surface area contributed by atoms with Gasteiger partial charge in [0.15, 0.2) is 0 Å². The lowest BCUT2D eigenvalue weighted by atomic mass is 9.78. The molecule has 0 aromatic carbocycles. The lowest BCUT2D eigenvalue weighted by molar-refractivity contribution is -0.138. The van der Waals surface area contributed by atoms with Gasteiger partial charge in [0.1, 0.15) is 0 Å². The molecule has 2 fully saturated rings. The number of carbonyl (C=O) groups is 1. The Kier molecular flexibility index (Phi) is 7.90. The molecular weight excluding hydrogens is 272 g/mol. The highest BCUT2D eigenvalue weighted by Gasteiger charge is 2.30. The molecule has 0 bridgehead atoms. The molecule has 1 aliphatic heterocycles. The first-order valence-electron chi connectivity index (χ1n) is 8.18. The molecule has 0 aromatic rings. The van der Waals surface area contributed by atoms with Crippen LogP contribution in [0, 0.1) is 17.8 Å². The summed E-state index contributed by atoms with van der Waals surface area (Å²) in [5.74, 6) is 1.95. The summed E-state index contributed by atoms with van der Waals surface area (Å²) in [6, 6.07) is 0. The molecule has 1 unspecified atom stereocenters. The number of hydrogen-bond acceptors (Lipinski definition) is 2. The topological polar surface area (TPSA) is 32.3 Å². The fourth-order valence-electron chi connectivity index (χ4n) is 3.56. The molecule has 4 heteroatoms. The Balaban J connectivity index is 0.00000200. The van der Waals surface area contributed by atoms with Gasteiger partial charge in [-0.05, 0) is 18.3 Å². The summed E-state index contributed by atoms with van der Waals surface area (Å²) in [4.78, 5) is 14.8. The van der Waals surface area contributed by atoms with E-state index < -0.39 is 0 Å². The summed E-state index contributed by atoms with van der Waals surface area (Å²) in [5.41, 5.74) is 0. The maximum Gasteiger partial charge on any atom is 0.226 e. The average molecular weight is 303 g/mol. The molecule has 1 saturated carbocycles. The molecule has 0 aromatic heterocycles. The van der Waals surface area contributed by atoms with E-state index in [1.807, 2.05) is 0 Å². The van der Waals surface area contributed by atoms with Gasteiger partial charge >= 0.3 is 0 Å². The Morgan fingerprint density at radius 1 is 1.15 bits per heavy atom. The van der Waals surface area contributed by atoms with Gasteiger partial charge in [-0.2, -0.15) is 0 Å². The van der Waals surface area contributed by atoms with Crippen molar-refractivity contribution in [2.24, 2.45) is 17.8 Å². The Morgan fingerprint density at radius 2 is 1.75 bits per heavy atom. The largest absolute Gasteiger partial charge is 0.340 e. The van der Waals surface area contributed by atoms with E-state index >= 15 is 0 Å². The highest BCUT2D eigenvalue weighted by Crippen LogP contribution is 2.32. The Hall–Kier alpha value is -0.280. The zero-order valence-electron chi connectivity index (χ0n) is 13.1. The van der Waals surface area contributed by atoms with E-state index in [0.29, 0.717) is 11.8 Å². The van der Waals surface area contributed by atoms with E-state index in [1.165, 1.54) is 32.1 Å². The number of rotatable bonds is 4. The first-order valence-corrected chi connectivity index (χ1v) is 8.18. The van der Waals surface area contributed by atoms with E-state index in [-0.39, 0.29) is 18.3 Å². The summed E-state index contributed by atoms with van der Waals surface area (Å²) in [6.07, 6.45) is 7.96. The van der Waals surface area contributed by atoms with E-state index in [1.54, 1.807) is 0 Å². The van der Waals surface area contributed by atoms with Crippen LogP contribution in [0.15, 0.2) is 0 Å². The van der Waals surface area contributed by atoms with Crippen molar-refractivity contribution in [3.63, 3.8) is 0 Å². The van der Waals surface area contributed by atoms with Gasteiger partial charge in [0.2, 0.25) is 5.91 Å². The second kappa shape index (κ2) is 8.89. The quantitative estimate of drug-likeness (QED) is 0.865. The molecular formula is C16H31ClN2O. The van der Waals surface area contributed by atoms with Crippen LogP contribution < -0.4 is 5.32 Å². The van der Waals surface area contributed by atoms with Crippen LogP contribution in [0.25, 0.3) is 0 Å². The summed E-state index contributed by atoms with van der Waals surface area (Å²) >= 11 is 0. The molecule has 2 rings (SSSR count). The second-order valence-corrected chi connectivity index (χ2v) is 6.67. The standard InChI is InChI=1S/C16H30N2O.ClH/c1-13(2)15(12-14-6-4-3-5-7-14)16(19)18-10-8-17-9-11-18;/h13-15,17H,3-12H2,1-2H3;1H. The van der Waals surface area contributed by atoms with Crippen LogP contribution in [0.2, 0.25) is 0 Å². The zero-order valence-corrected chi connectivity index (χ0v) is 13.9. The van der Waals surface area contributed by atoms with Crippen molar-refractivity contribution in [3.8, 4) is 0 Å². The molecule has 1 atom stereocenters. The molecule has 118 valence electrons. The van der Waals surface area contributed by atoms with Crippen molar-refractivity contribution in [1.29, 1.82) is 0 Å². The molecule has 1 saturated heterocycles. The van der Waals surface area contributed by atoms with Crippen LogP contribution in [0.3, 0.4) is 0 Å². The predicted molar refractivity (Wildman–Crippen MR) is 86.2 cm³/mol. The Morgan fingerprint density at radius 3 is 2.30 bits per heavy atom. The van der Waals surface area contributed by atoms with Crippen molar-refractivity contribution < 1.29 is 4.79 Å². The number of amides is 1. The third-order valence-electron chi connectivity index (χ3n) is 4.86. The summed E-state index contributed by atoms with van der Waals surface area (Å²) in [5, 5.41) is 3.33. The van der Waals surface area contributed by atoms with Gasteiger partial charge in [0, 0.05) is 32.1 Å². The monoisotopic (exact) mass is 302 g/mol. The molecule has 2 aliphatic rings. The fourth-order valence-corrected chi connectivity index (χ4v) is 3.56. The molecule has 20 heavy (non-hydrogen) atoms. The van der Waals surface area contributed by atoms with Crippen LogP contribution in [0.1, 0.15) is 52.4 Å². The molecule has 1 N–H and O–H groups in total. The van der Waals surface area contributed by atoms with E-state index in [0.717, 1.165) is 38.5 Å². The van der Waals surface area contributed by atoms with E-state index in [9.17, 15) is 4.79 Å². The lowest BCUT2D eigenvalue weighted by Crippen LogP contribution is -2.49. The highest BCUT2D eigenvalue weighted by atomic mass is 35.5. The number of nitrogens with zero attached hydrogens (tertiary/aromatic N) is 1. The number of halogens is 1. The second-order valence-electron chi connectivity index (χ2n) is 6.67. The summed E-state index contributed by atoms with van der Waals surface area (Å²) in [7, 11) is 0. The molecule has 1 heterocycles. The minimum atomic E-state index is 0. The van der Waals surface area contributed by atoms with Gasteiger partial charge in [0.25, 0.3) is 0 Å². The van der Waals surface area contributed by atoms with Gasteiger partial charge in [-0.3, -0.25) is 4.79 Å². The number of nitrogens with one attached hydrogen (secondary N) is 1. The lowest BCUT2D eigenvalue weighted by Gasteiger charge is -2.34. The molecule has 0 spiro atoms. The third-order valence-corrected chi connectivity index (χ3v) is 4.86. The first kappa shape index (κ1) is 17.8. The predicted octanol–water partition coefficient (Wildman–Crippen LogP) is 3.08. The minimum absolute atomic E-state index is 0. The van der Waals surface area contributed by atoms with E-state index in [2.05, 4.69) is 24.1 Å². The number of hydrogen-bond donors (Lipinski definition) is 1. The van der Waals surface area contributed by atoms with Crippen LogP contribution in [-0.2, 0) is 4.79 Å². The molecule has 3 nitrogen and oxygen atoms in total. The average Bonchev–Trinajstić information content (AvgIpc) is 2.46.